The maximum atomic E-state index is 11.9. The second kappa shape index (κ2) is 6.91. The van der Waals surface area contributed by atoms with Crippen LogP contribution in [0.25, 0.3) is 0 Å². The Hall–Kier alpha value is -2.60. The zero-order valence-electron chi connectivity index (χ0n) is 11.6. The van der Waals surface area contributed by atoms with Crippen LogP contribution in [0.2, 0.25) is 5.02 Å². The van der Waals surface area contributed by atoms with Crippen molar-refractivity contribution in [1.82, 2.24) is 4.98 Å². The fourth-order valence-corrected chi connectivity index (χ4v) is 1.67. The summed E-state index contributed by atoms with van der Waals surface area (Å²) in [4.78, 5) is 27.7. The Labute approximate surface area is 131 Å². The summed E-state index contributed by atoms with van der Waals surface area (Å²) in [5, 5.41) is 12.1. The SMILES string of the molecule is CC(OC(=O)c1ccc(O)cc1)C(=O)Nc1ccc(Cl)cn1. The van der Waals surface area contributed by atoms with Crippen molar-refractivity contribution in [3.05, 3.63) is 53.2 Å². The summed E-state index contributed by atoms with van der Waals surface area (Å²) in [6.07, 6.45) is 0.392. The molecule has 6 nitrogen and oxygen atoms in total. The molecule has 0 bridgehead atoms. The first-order chi connectivity index (χ1) is 10.5. The molecule has 0 spiro atoms. The van der Waals surface area contributed by atoms with E-state index in [4.69, 9.17) is 21.4 Å². The molecule has 7 heteroatoms. The third-order valence-electron chi connectivity index (χ3n) is 2.73. The number of carbonyl (C=O) groups excluding carboxylic acids is 2. The van der Waals surface area contributed by atoms with E-state index in [9.17, 15) is 9.59 Å². The Morgan fingerprint density at radius 3 is 2.50 bits per heavy atom. The predicted octanol–water partition coefficient (Wildman–Crippen LogP) is 2.62. The molecule has 1 unspecified atom stereocenters. The summed E-state index contributed by atoms with van der Waals surface area (Å²) in [5.41, 5.74) is 0.238. The molecule has 0 saturated heterocycles. The van der Waals surface area contributed by atoms with Crippen LogP contribution < -0.4 is 5.32 Å². The zero-order chi connectivity index (χ0) is 16.1. The van der Waals surface area contributed by atoms with Crippen molar-refractivity contribution in [2.75, 3.05) is 5.32 Å². The van der Waals surface area contributed by atoms with E-state index in [1.807, 2.05) is 0 Å². The van der Waals surface area contributed by atoms with Gasteiger partial charge in [-0.25, -0.2) is 9.78 Å². The molecule has 0 fully saturated rings. The van der Waals surface area contributed by atoms with Gasteiger partial charge in [0.1, 0.15) is 11.6 Å². The summed E-state index contributed by atoms with van der Waals surface area (Å²) >= 11 is 5.70. The molecule has 114 valence electrons. The molecule has 1 atom stereocenters. The number of nitrogens with one attached hydrogen (secondary N) is 1. The van der Waals surface area contributed by atoms with E-state index in [0.29, 0.717) is 10.8 Å². The third-order valence-corrected chi connectivity index (χ3v) is 2.96. The van der Waals surface area contributed by atoms with Crippen LogP contribution in [0.15, 0.2) is 42.6 Å². The van der Waals surface area contributed by atoms with Gasteiger partial charge in [0.2, 0.25) is 0 Å². The van der Waals surface area contributed by atoms with Crippen LogP contribution in [-0.2, 0) is 9.53 Å². The van der Waals surface area contributed by atoms with Crippen LogP contribution in [0.1, 0.15) is 17.3 Å². The van der Waals surface area contributed by atoms with E-state index in [2.05, 4.69) is 10.3 Å². The lowest BCUT2D eigenvalue weighted by molar-refractivity contribution is -0.123. The fourth-order valence-electron chi connectivity index (χ4n) is 1.56. The number of aromatic nitrogens is 1. The summed E-state index contributed by atoms with van der Waals surface area (Å²) in [5.74, 6) is -0.827. The molecule has 0 aliphatic carbocycles. The molecule has 0 aliphatic heterocycles. The predicted molar refractivity (Wildman–Crippen MR) is 80.9 cm³/mol. The monoisotopic (exact) mass is 320 g/mol. The van der Waals surface area contributed by atoms with Gasteiger partial charge in [-0.3, -0.25) is 4.79 Å². The normalized spacial score (nSPS) is 11.5. The number of esters is 1. The number of anilines is 1. The largest absolute Gasteiger partial charge is 0.508 e. The van der Waals surface area contributed by atoms with Gasteiger partial charge in [-0.2, -0.15) is 0 Å². The van der Waals surface area contributed by atoms with Gasteiger partial charge in [0.25, 0.3) is 5.91 Å². The second-order valence-electron chi connectivity index (χ2n) is 4.45. The third kappa shape index (κ3) is 4.20. The molecular weight excluding hydrogens is 308 g/mol. The summed E-state index contributed by atoms with van der Waals surface area (Å²) in [6.45, 7) is 1.45. The summed E-state index contributed by atoms with van der Waals surface area (Å²) < 4.78 is 5.05. The summed E-state index contributed by atoms with van der Waals surface area (Å²) in [6, 6.07) is 8.65. The van der Waals surface area contributed by atoms with Crippen LogP contribution in [0.4, 0.5) is 5.82 Å². The smallest absolute Gasteiger partial charge is 0.338 e. The molecule has 22 heavy (non-hydrogen) atoms. The number of phenols is 1. The highest BCUT2D eigenvalue weighted by Gasteiger charge is 2.19. The number of hydrogen-bond acceptors (Lipinski definition) is 5. The number of nitrogens with zero attached hydrogens (tertiary/aromatic N) is 1. The van der Waals surface area contributed by atoms with Crippen molar-refractivity contribution in [2.45, 2.75) is 13.0 Å². The first-order valence-electron chi connectivity index (χ1n) is 6.38. The van der Waals surface area contributed by atoms with Gasteiger partial charge in [-0.1, -0.05) is 11.6 Å². The van der Waals surface area contributed by atoms with E-state index < -0.39 is 18.0 Å². The summed E-state index contributed by atoms with van der Waals surface area (Å²) in [7, 11) is 0. The highest BCUT2D eigenvalue weighted by Crippen LogP contribution is 2.13. The van der Waals surface area contributed by atoms with E-state index in [1.54, 1.807) is 6.07 Å². The maximum Gasteiger partial charge on any atom is 0.338 e. The van der Waals surface area contributed by atoms with Gasteiger partial charge in [0, 0.05) is 6.20 Å². The quantitative estimate of drug-likeness (QED) is 0.845. The molecule has 1 aromatic heterocycles. The van der Waals surface area contributed by atoms with Gasteiger partial charge < -0.3 is 15.2 Å². The Balaban J connectivity index is 1.94. The molecule has 1 aromatic carbocycles. The average Bonchev–Trinajstić information content (AvgIpc) is 2.50. The van der Waals surface area contributed by atoms with Crippen molar-refractivity contribution >= 4 is 29.3 Å². The molecule has 0 radical (unpaired) electrons. The first kappa shape index (κ1) is 15.8. The lowest BCUT2D eigenvalue weighted by atomic mass is 10.2. The average molecular weight is 321 g/mol. The Morgan fingerprint density at radius 1 is 1.23 bits per heavy atom. The van der Waals surface area contributed by atoms with Crippen molar-refractivity contribution < 1.29 is 19.4 Å². The number of aromatic hydroxyl groups is 1. The number of benzene rings is 1. The number of phenolic OH excluding ortho intramolecular Hbond substituents is 1. The fraction of sp³-hybridized carbons (Fsp3) is 0.133. The molecular formula is C15H13ClN2O4. The van der Waals surface area contributed by atoms with Crippen molar-refractivity contribution in [2.24, 2.45) is 0 Å². The lowest BCUT2D eigenvalue weighted by Gasteiger charge is -2.13. The van der Waals surface area contributed by atoms with Crippen LogP contribution in [0, 0.1) is 0 Å². The van der Waals surface area contributed by atoms with Gasteiger partial charge in [-0.15, -0.1) is 0 Å². The van der Waals surface area contributed by atoms with E-state index >= 15 is 0 Å². The minimum Gasteiger partial charge on any atom is -0.508 e. The zero-order valence-corrected chi connectivity index (χ0v) is 12.4. The number of amides is 1. The van der Waals surface area contributed by atoms with Crippen molar-refractivity contribution in [3.8, 4) is 5.75 Å². The minimum absolute atomic E-state index is 0.0381. The molecule has 1 amide bonds. The van der Waals surface area contributed by atoms with Crippen LogP contribution >= 0.6 is 11.6 Å². The molecule has 0 aliphatic rings. The minimum atomic E-state index is -1.00. The number of hydrogen-bond donors (Lipinski definition) is 2. The van der Waals surface area contributed by atoms with Crippen LogP contribution in [0.5, 0.6) is 5.75 Å². The highest BCUT2D eigenvalue weighted by atomic mass is 35.5. The highest BCUT2D eigenvalue weighted by molar-refractivity contribution is 6.30. The standard InChI is InChI=1S/C15H13ClN2O4/c1-9(14(20)18-13-7-4-11(16)8-17-13)22-15(21)10-2-5-12(19)6-3-10/h2-9,19H,1H3,(H,17,18,20). The van der Waals surface area contributed by atoms with Crippen molar-refractivity contribution in [1.29, 1.82) is 0 Å². The Bertz CT molecular complexity index is 671. The van der Waals surface area contributed by atoms with Crippen LogP contribution in [0.3, 0.4) is 0 Å². The van der Waals surface area contributed by atoms with Gasteiger partial charge in [-0.05, 0) is 43.3 Å². The maximum absolute atomic E-state index is 11.9. The van der Waals surface area contributed by atoms with Crippen molar-refractivity contribution in [3.63, 3.8) is 0 Å². The number of rotatable bonds is 4. The number of ether oxygens (including phenoxy) is 1. The van der Waals surface area contributed by atoms with Gasteiger partial charge in [0.15, 0.2) is 6.10 Å². The molecule has 1 heterocycles. The van der Waals surface area contributed by atoms with Crippen LogP contribution in [-0.4, -0.2) is 28.1 Å². The lowest BCUT2D eigenvalue weighted by Crippen LogP contribution is -2.30. The molecule has 0 saturated carbocycles. The molecule has 2 aromatic rings. The number of carbonyl (C=O) groups is 2. The molecule has 2 N–H and O–H groups in total. The first-order valence-corrected chi connectivity index (χ1v) is 6.76. The van der Waals surface area contributed by atoms with Gasteiger partial charge >= 0.3 is 5.97 Å². The molecule has 2 rings (SSSR count). The van der Waals surface area contributed by atoms with E-state index in [-0.39, 0.29) is 11.3 Å². The second-order valence-corrected chi connectivity index (χ2v) is 4.88. The number of halogens is 1. The topological polar surface area (TPSA) is 88.5 Å². The van der Waals surface area contributed by atoms with E-state index in [0.717, 1.165) is 0 Å². The number of pyridine rings is 1. The van der Waals surface area contributed by atoms with E-state index in [1.165, 1.54) is 43.5 Å². The Morgan fingerprint density at radius 2 is 1.91 bits per heavy atom. The van der Waals surface area contributed by atoms with Gasteiger partial charge in [0.05, 0.1) is 10.6 Å². The Kier molecular flexibility index (Phi) is 4.95.